The molecule has 1 aliphatic rings. The number of carbonyl (C=O) groups excluding carboxylic acids is 1. The number of sulfonamides is 1. The zero-order valence-corrected chi connectivity index (χ0v) is 11.3. The lowest BCUT2D eigenvalue weighted by molar-refractivity contribution is -0.120. The van der Waals surface area contributed by atoms with Crippen molar-refractivity contribution in [1.29, 1.82) is 0 Å². The Morgan fingerprint density at radius 2 is 1.80 bits per heavy atom. The summed E-state index contributed by atoms with van der Waals surface area (Å²) in [7, 11) is -3.82. The molecule has 20 heavy (non-hydrogen) atoms. The minimum absolute atomic E-state index is 0.00423. The molecule has 8 heteroatoms. The fourth-order valence-electron chi connectivity index (χ4n) is 1.53. The molecule has 1 saturated carbocycles. The Hall–Kier alpha value is -1.93. The van der Waals surface area contributed by atoms with Gasteiger partial charge in [0.1, 0.15) is 0 Å². The summed E-state index contributed by atoms with van der Waals surface area (Å²) in [5.41, 5.74) is -0.00423. The molecule has 0 saturated heterocycles. The Kier molecular flexibility index (Phi) is 4.05. The van der Waals surface area contributed by atoms with Crippen molar-refractivity contribution in [1.82, 2.24) is 10.0 Å². The highest BCUT2D eigenvalue weighted by molar-refractivity contribution is 7.89. The van der Waals surface area contributed by atoms with Crippen LogP contribution >= 0.6 is 0 Å². The van der Waals surface area contributed by atoms with Crippen LogP contribution in [-0.4, -0.2) is 38.0 Å². The van der Waals surface area contributed by atoms with Crippen LogP contribution in [0.4, 0.5) is 0 Å². The predicted molar refractivity (Wildman–Crippen MR) is 69.8 cm³/mol. The van der Waals surface area contributed by atoms with E-state index in [0.717, 1.165) is 12.8 Å². The Labute approximate surface area is 116 Å². The fraction of sp³-hybridized carbons (Fsp3) is 0.333. The molecule has 0 aromatic heterocycles. The van der Waals surface area contributed by atoms with Crippen LogP contribution in [0.15, 0.2) is 29.2 Å². The molecule has 1 aromatic rings. The molecule has 0 unspecified atom stereocenters. The van der Waals surface area contributed by atoms with Gasteiger partial charge in [-0.3, -0.25) is 4.79 Å². The second-order valence-electron chi connectivity index (χ2n) is 4.50. The molecule has 3 N–H and O–H groups in total. The summed E-state index contributed by atoms with van der Waals surface area (Å²) in [4.78, 5) is 22.0. The van der Waals surface area contributed by atoms with Gasteiger partial charge in [0.25, 0.3) is 0 Å². The van der Waals surface area contributed by atoms with Crippen LogP contribution in [0.25, 0.3) is 0 Å². The number of amides is 1. The highest BCUT2D eigenvalue weighted by Crippen LogP contribution is 2.18. The SMILES string of the molecule is O=C(CNS(=O)(=O)c1ccc(C(=O)O)cc1)NC1CC1. The summed E-state index contributed by atoms with van der Waals surface area (Å²) in [5, 5.41) is 11.4. The van der Waals surface area contributed by atoms with Crippen LogP contribution in [0.1, 0.15) is 23.2 Å². The first-order valence-electron chi connectivity index (χ1n) is 6.01. The van der Waals surface area contributed by atoms with Crippen molar-refractivity contribution in [2.24, 2.45) is 0 Å². The molecule has 7 nitrogen and oxygen atoms in total. The van der Waals surface area contributed by atoms with E-state index in [2.05, 4.69) is 10.0 Å². The number of carboxylic acids is 1. The summed E-state index contributed by atoms with van der Waals surface area (Å²) in [6, 6.07) is 4.93. The number of rotatable bonds is 6. The molecule has 0 atom stereocenters. The molecule has 0 aliphatic heterocycles. The first-order chi connectivity index (χ1) is 9.38. The van der Waals surface area contributed by atoms with Gasteiger partial charge in [0.2, 0.25) is 15.9 Å². The molecule has 1 aliphatic carbocycles. The van der Waals surface area contributed by atoms with E-state index >= 15 is 0 Å². The third-order valence-corrected chi connectivity index (χ3v) is 4.19. The van der Waals surface area contributed by atoms with E-state index in [1.807, 2.05) is 0 Å². The van der Waals surface area contributed by atoms with E-state index < -0.39 is 16.0 Å². The van der Waals surface area contributed by atoms with Crippen LogP contribution in [0.3, 0.4) is 0 Å². The topological polar surface area (TPSA) is 113 Å². The van der Waals surface area contributed by atoms with Crippen LogP contribution in [-0.2, 0) is 14.8 Å². The van der Waals surface area contributed by atoms with Crippen molar-refractivity contribution in [2.75, 3.05) is 6.54 Å². The van der Waals surface area contributed by atoms with Crippen molar-refractivity contribution < 1.29 is 23.1 Å². The summed E-state index contributed by atoms with van der Waals surface area (Å²) in [5.74, 6) is -1.51. The van der Waals surface area contributed by atoms with Crippen LogP contribution < -0.4 is 10.0 Å². The number of carboxylic acid groups (broad SMARTS) is 1. The molecule has 0 spiro atoms. The quantitative estimate of drug-likeness (QED) is 0.681. The number of hydrogen-bond donors (Lipinski definition) is 3. The van der Waals surface area contributed by atoms with Crippen LogP contribution in [0.5, 0.6) is 0 Å². The van der Waals surface area contributed by atoms with E-state index in [4.69, 9.17) is 5.11 Å². The van der Waals surface area contributed by atoms with E-state index in [1.165, 1.54) is 24.3 Å². The average Bonchev–Trinajstić information content (AvgIpc) is 3.20. The fourth-order valence-corrected chi connectivity index (χ4v) is 2.51. The first-order valence-corrected chi connectivity index (χ1v) is 7.49. The molecule has 2 rings (SSSR count). The number of carbonyl (C=O) groups is 2. The van der Waals surface area contributed by atoms with Crippen LogP contribution in [0, 0.1) is 0 Å². The summed E-state index contributed by atoms with van der Waals surface area (Å²) in [6.45, 7) is -0.334. The minimum atomic E-state index is -3.82. The van der Waals surface area contributed by atoms with Crippen molar-refractivity contribution in [3.8, 4) is 0 Å². The van der Waals surface area contributed by atoms with Gasteiger partial charge in [-0.1, -0.05) is 0 Å². The first kappa shape index (κ1) is 14.5. The minimum Gasteiger partial charge on any atom is -0.478 e. The Bertz CT molecular complexity index is 620. The van der Waals surface area contributed by atoms with E-state index in [0.29, 0.717) is 0 Å². The van der Waals surface area contributed by atoms with E-state index in [-0.39, 0.29) is 29.0 Å². The predicted octanol–water partition coefficient (Wildman–Crippen LogP) is -0.0583. The zero-order valence-electron chi connectivity index (χ0n) is 10.5. The maximum Gasteiger partial charge on any atom is 0.335 e. The van der Waals surface area contributed by atoms with Gasteiger partial charge in [0, 0.05) is 6.04 Å². The molecule has 108 valence electrons. The molecule has 0 heterocycles. The third-order valence-electron chi connectivity index (χ3n) is 2.78. The summed E-state index contributed by atoms with van der Waals surface area (Å²) >= 11 is 0. The highest BCUT2D eigenvalue weighted by Gasteiger charge is 2.24. The molecule has 1 amide bonds. The maximum absolute atomic E-state index is 11.9. The normalized spacial score (nSPS) is 14.8. The van der Waals surface area contributed by atoms with Crippen molar-refractivity contribution >= 4 is 21.9 Å². The second-order valence-corrected chi connectivity index (χ2v) is 6.26. The Morgan fingerprint density at radius 1 is 1.20 bits per heavy atom. The standard InChI is InChI=1S/C12H14N2O5S/c15-11(14-9-3-4-9)7-13-20(18,19)10-5-1-8(2-6-10)12(16)17/h1-2,5-6,9,13H,3-4,7H2,(H,14,15)(H,16,17). The molecule has 0 bridgehead atoms. The van der Waals surface area contributed by atoms with Gasteiger partial charge < -0.3 is 10.4 Å². The lowest BCUT2D eigenvalue weighted by Crippen LogP contribution is -2.37. The molecule has 0 radical (unpaired) electrons. The number of nitrogens with one attached hydrogen (secondary N) is 2. The Balaban J connectivity index is 1.98. The molecule has 1 aromatic carbocycles. The lowest BCUT2D eigenvalue weighted by atomic mass is 10.2. The van der Waals surface area contributed by atoms with Crippen molar-refractivity contribution in [3.05, 3.63) is 29.8 Å². The third kappa shape index (κ3) is 3.78. The monoisotopic (exact) mass is 298 g/mol. The number of benzene rings is 1. The summed E-state index contributed by atoms with van der Waals surface area (Å²) < 4.78 is 25.9. The van der Waals surface area contributed by atoms with Gasteiger partial charge in [-0.05, 0) is 37.1 Å². The number of hydrogen-bond acceptors (Lipinski definition) is 4. The largest absolute Gasteiger partial charge is 0.478 e. The van der Waals surface area contributed by atoms with Crippen LogP contribution in [0.2, 0.25) is 0 Å². The summed E-state index contributed by atoms with van der Waals surface area (Å²) in [6.07, 6.45) is 1.85. The lowest BCUT2D eigenvalue weighted by Gasteiger charge is -2.07. The van der Waals surface area contributed by atoms with Gasteiger partial charge in [0.05, 0.1) is 17.0 Å². The van der Waals surface area contributed by atoms with Crippen molar-refractivity contribution in [3.63, 3.8) is 0 Å². The molecular formula is C12H14N2O5S. The number of aromatic carboxylic acids is 1. The second kappa shape index (κ2) is 5.59. The van der Waals surface area contributed by atoms with Gasteiger partial charge in [-0.15, -0.1) is 0 Å². The zero-order chi connectivity index (χ0) is 14.8. The highest BCUT2D eigenvalue weighted by atomic mass is 32.2. The van der Waals surface area contributed by atoms with Crippen molar-refractivity contribution in [2.45, 2.75) is 23.8 Å². The maximum atomic E-state index is 11.9. The van der Waals surface area contributed by atoms with E-state index in [9.17, 15) is 18.0 Å². The average molecular weight is 298 g/mol. The smallest absolute Gasteiger partial charge is 0.335 e. The molecule has 1 fully saturated rings. The van der Waals surface area contributed by atoms with Gasteiger partial charge in [0.15, 0.2) is 0 Å². The van der Waals surface area contributed by atoms with Gasteiger partial charge in [-0.25, -0.2) is 17.9 Å². The van der Waals surface area contributed by atoms with Gasteiger partial charge >= 0.3 is 5.97 Å². The van der Waals surface area contributed by atoms with Gasteiger partial charge in [-0.2, -0.15) is 0 Å². The Morgan fingerprint density at radius 3 is 2.30 bits per heavy atom. The molecular weight excluding hydrogens is 284 g/mol. The van der Waals surface area contributed by atoms with E-state index in [1.54, 1.807) is 0 Å².